The minimum Gasteiger partial charge on any atom is -0.483 e. The average molecular weight is 319 g/mol. The summed E-state index contributed by atoms with van der Waals surface area (Å²) in [5.74, 6) is 2.51. The molecule has 1 aliphatic heterocycles. The lowest BCUT2D eigenvalue weighted by Crippen LogP contribution is -2.41. The summed E-state index contributed by atoms with van der Waals surface area (Å²) in [5.41, 5.74) is 0. The molecule has 6 heteroatoms. The van der Waals surface area contributed by atoms with Crippen LogP contribution in [0.25, 0.3) is 0 Å². The maximum Gasteiger partial charge on any atom is 0.209 e. The van der Waals surface area contributed by atoms with Gasteiger partial charge in [0.25, 0.3) is 0 Å². The van der Waals surface area contributed by atoms with Gasteiger partial charge in [-0.1, -0.05) is 26.9 Å². The van der Waals surface area contributed by atoms with Crippen molar-refractivity contribution >= 4 is 31.5 Å². The molecule has 0 saturated carbocycles. The van der Waals surface area contributed by atoms with Gasteiger partial charge in [0, 0.05) is 5.88 Å². The predicted molar refractivity (Wildman–Crippen MR) is 89.1 cm³/mol. The molecule has 0 aliphatic carbocycles. The highest BCUT2D eigenvalue weighted by atomic mass is 35.5. The number of hydrogen-bond donors (Lipinski definition) is 0. The highest BCUT2D eigenvalue weighted by Gasteiger charge is 2.34. The Hall–Kier alpha value is -0.553. The first-order valence-corrected chi connectivity index (χ1v) is 11.1. The van der Waals surface area contributed by atoms with E-state index in [2.05, 4.69) is 26.9 Å². The van der Waals surface area contributed by atoms with Gasteiger partial charge in [0.2, 0.25) is 11.8 Å². The second-order valence-electron chi connectivity index (χ2n) is 6.35. The molecule has 0 fully saturated rings. The van der Waals surface area contributed by atoms with Crippen molar-refractivity contribution in [3.63, 3.8) is 0 Å². The van der Waals surface area contributed by atoms with Gasteiger partial charge in [0.1, 0.15) is 12.1 Å². The first kappa shape index (κ1) is 17.5. The average Bonchev–Trinajstić information content (AvgIpc) is 2.37. The Kier molecular flexibility index (Phi) is 6.52. The maximum absolute atomic E-state index is 5.91. The Bertz CT molecular complexity index is 383. The van der Waals surface area contributed by atoms with Crippen molar-refractivity contribution in [3.8, 4) is 0 Å². The van der Waals surface area contributed by atoms with E-state index in [4.69, 9.17) is 31.1 Å². The van der Waals surface area contributed by atoms with Crippen molar-refractivity contribution in [2.75, 3.05) is 20.1 Å². The molecule has 0 aromatic heterocycles. The van der Waals surface area contributed by atoms with Gasteiger partial charge in [0.05, 0.1) is 22.3 Å². The molecule has 0 aromatic rings. The molecule has 116 valence electrons. The van der Waals surface area contributed by atoms with Gasteiger partial charge in [-0.3, -0.25) is 0 Å². The standard InChI is InChI=1S/C14H27ClN2O2Si/c1-10(2)12-14(19-4)16-11(13(17-12)18-3)9-20(5,6)8-7-15/h10-12H,7-9H2,1-6H3/t11-,12+/m0/s1. The number of nitrogens with zero attached hydrogens (tertiary/aromatic N) is 2. The van der Waals surface area contributed by atoms with Crippen molar-refractivity contribution in [2.24, 2.45) is 15.9 Å². The Balaban J connectivity index is 2.95. The van der Waals surface area contributed by atoms with Crippen LogP contribution in [-0.2, 0) is 9.47 Å². The van der Waals surface area contributed by atoms with Crippen molar-refractivity contribution in [1.82, 2.24) is 0 Å². The topological polar surface area (TPSA) is 43.2 Å². The van der Waals surface area contributed by atoms with E-state index in [1.165, 1.54) is 0 Å². The van der Waals surface area contributed by atoms with Crippen LogP contribution in [-0.4, -0.2) is 52.1 Å². The summed E-state index contributed by atoms with van der Waals surface area (Å²) in [6, 6.07) is 2.01. The summed E-state index contributed by atoms with van der Waals surface area (Å²) in [7, 11) is 1.94. The number of rotatable bonds is 5. The van der Waals surface area contributed by atoms with Gasteiger partial charge in [-0.2, -0.15) is 0 Å². The fourth-order valence-corrected chi connectivity index (χ4v) is 5.94. The molecule has 0 amide bonds. The number of ether oxygens (including phenoxy) is 2. The molecule has 0 saturated heterocycles. The first-order chi connectivity index (χ1) is 9.34. The maximum atomic E-state index is 5.91. The van der Waals surface area contributed by atoms with Crippen LogP contribution < -0.4 is 0 Å². The smallest absolute Gasteiger partial charge is 0.209 e. The van der Waals surface area contributed by atoms with E-state index in [1.807, 2.05) is 0 Å². The normalized spacial score (nSPS) is 23.4. The van der Waals surface area contributed by atoms with Crippen LogP contribution in [0.3, 0.4) is 0 Å². The summed E-state index contributed by atoms with van der Waals surface area (Å²) in [6.07, 6.45) is 0. The lowest BCUT2D eigenvalue weighted by Gasteiger charge is -2.31. The molecule has 20 heavy (non-hydrogen) atoms. The molecule has 1 rings (SSSR count). The number of hydrogen-bond acceptors (Lipinski definition) is 4. The molecule has 4 nitrogen and oxygen atoms in total. The van der Waals surface area contributed by atoms with Crippen LogP contribution in [0.2, 0.25) is 25.2 Å². The van der Waals surface area contributed by atoms with Crippen LogP contribution >= 0.6 is 11.6 Å². The SMILES string of the molecule is COC1=N[C@H](C(C)C)C(OC)=N[C@H]1C[Si](C)(C)CCCl. The van der Waals surface area contributed by atoms with Crippen molar-refractivity contribution in [2.45, 2.75) is 51.1 Å². The molecule has 0 unspecified atom stereocenters. The molecular weight excluding hydrogens is 292 g/mol. The third-order valence-electron chi connectivity index (χ3n) is 3.65. The zero-order valence-electron chi connectivity index (χ0n) is 13.4. The van der Waals surface area contributed by atoms with Crippen LogP contribution in [0.15, 0.2) is 9.98 Å². The zero-order chi connectivity index (χ0) is 15.3. The van der Waals surface area contributed by atoms with Gasteiger partial charge < -0.3 is 9.47 Å². The molecule has 0 aromatic carbocycles. The molecular formula is C14H27ClN2O2Si. The van der Waals surface area contributed by atoms with Crippen molar-refractivity contribution in [3.05, 3.63) is 0 Å². The second-order valence-corrected chi connectivity index (χ2v) is 12.0. The molecule has 1 heterocycles. The van der Waals surface area contributed by atoms with E-state index in [0.29, 0.717) is 11.8 Å². The lowest BCUT2D eigenvalue weighted by molar-refractivity contribution is 0.335. The minimum absolute atomic E-state index is 0.0187. The van der Waals surface area contributed by atoms with Gasteiger partial charge in [0.15, 0.2) is 0 Å². The third-order valence-corrected chi connectivity index (χ3v) is 7.26. The van der Waals surface area contributed by atoms with Crippen LogP contribution in [0.5, 0.6) is 0 Å². The van der Waals surface area contributed by atoms with Crippen LogP contribution in [0.4, 0.5) is 0 Å². The number of aliphatic imine (C=N–C) groups is 2. The Morgan fingerprint density at radius 3 is 2.20 bits per heavy atom. The molecule has 0 N–H and O–H groups in total. The van der Waals surface area contributed by atoms with Crippen molar-refractivity contribution < 1.29 is 9.47 Å². The fraction of sp³-hybridized carbons (Fsp3) is 0.857. The second kappa shape index (κ2) is 7.45. The Morgan fingerprint density at radius 2 is 1.75 bits per heavy atom. The largest absolute Gasteiger partial charge is 0.483 e. The Labute approximate surface area is 128 Å². The minimum atomic E-state index is -1.40. The monoisotopic (exact) mass is 318 g/mol. The Morgan fingerprint density at radius 1 is 1.15 bits per heavy atom. The quantitative estimate of drug-likeness (QED) is 0.575. The van der Waals surface area contributed by atoms with Crippen LogP contribution in [0, 0.1) is 5.92 Å². The summed E-state index contributed by atoms with van der Waals surface area (Å²) in [4.78, 5) is 9.46. The third kappa shape index (κ3) is 4.48. The summed E-state index contributed by atoms with van der Waals surface area (Å²) in [5, 5.41) is 0. The van der Waals surface area contributed by atoms with Gasteiger partial charge >= 0.3 is 0 Å². The summed E-state index contributed by atoms with van der Waals surface area (Å²) in [6.45, 7) is 8.89. The highest BCUT2D eigenvalue weighted by molar-refractivity contribution is 6.78. The molecule has 0 bridgehead atoms. The zero-order valence-corrected chi connectivity index (χ0v) is 15.2. The fourth-order valence-electron chi connectivity index (χ4n) is 2.37. The van der Waals surface area contributed by atoms with Gasteiger partial charge in [-0.05, 0) is 18.0 Å². The molecule has 0 radical (unpaired) electrons. The summed E-state index contributed by atoms with van der Waals surface area (Å²) < 4.78 is 10.9. The number of methoxy groups -OCH3 is 2. The molecule has 0 spiro atoms. The van der Waals surface area contributed by atoms with E-state index in [0.717, 1.165) is 23.9 Å². The van der Waals surface area contributed by atoms with E-state index >= 15 is 0 Å². The van der Waals surface area contributed by atoms with E-state index in [1.54, 1.807) is 14.2 Å². The highest BCUT2D eigenvalue weighted by Crippen LogP contribution is 2.25. The van der Waals surface area contributed by atoms with E-state index in [9.17, 15) is 0 Å². The van der Waals surface area contributed by atoms with E-state index in [-0.39, 0.29) is 12.1 Å². The van der Waals surface area contributed by atoms with Crippen LogP contribution in [0.1, 0.15) is 13.8 Å². The summed E-state index contributed by atoms with van der Waals surface area (Å²) >= 11 is 5.91. The van der Waals surface area contributed by atoms with E-state index < -0.39 is 8.07 Å². The first-order valence-electron chi connectivity index (χ1n) is 7.14. The predicted octanol–water partition coefficient (Wildman–Crippen LogP) is 3.43. The lowest BCUT2D eigenvalue weighted by atomic mass is 10.0. The number of halogens is 1. The molecule has 1 aliphatic rings. The molecule has 2 atom stereocenters. The number of alkyl halides is 1. The van der Waals surface area contributed by atoms with Crippen molar-refractivity contribution in [1.29, 1.82) is 0 Å². The van der Waals surface area contributed by atoms with Gasteiger partial charge in [-0.25, -0.2) is 9.98 Å². The van der Waals surface area contributed by atoms with Gasteiger partial charge in [-0.15, -0.1) is 11.6 Å².